The molecule has 0 aromatic heterocycles. The van der Waals surface area contributed by atoms with Gasteiger partial charge in [0.25, 0.3) is 6.47 Å². The normalized spacial score (nSPS) is 12.3. The fraction of sp³-hybridized carbons (Fsp3) is 0.300. The van der Waals surface area contributed by atoms with Crippen molar-refractivity contribution in [3.8, 4) is 0 Å². The largest absolute Gasteiger partial charge is 0.483 e. The summed E-state index contributed by atoms with van der Waals surface area (Å²) < 4.78 is 49.6. The molecule has 0 spiro atoms. The monoisotopic (exact) mass is 316 g/mol. The molecule has 0 aliphatic rings. The van der Waals surface area contributed by atoms with Crippen molar-refractivity contribution in [2.24, 2.45) is 0 Å². The number of halogens is 5. The quantitative estimate of drug-likeness (QED) is 0.512. The second kappa shape index (κ2) is 7.26. The van der Waals surface area contributed by atoms with E-state index in [9.17, 15) is 17.6 Å². The SMILES string of the molecule is FC(CBr)c1cccc(C(F)(F)F)c1.O=CO. The fourth-order valence-corrected chi connectivity index (χ4v) is 1.37. The van der Waals surface area contributed by atoms with E-state index in [-0.39, 0.29) is 17.4 Å². The maximum atomic E-state index is 13.0. The second-order valence-corrected chi connectivity index (χ2v) is 3.50. The van der Waals surface area contributed by atoms with Gasteiger partial charge >= 0.3 is 6.18 Å². The number of alkyl halides is 5. The zero-order valence-corrected chi connectivity index (χ0v) is 10.0. The molecule has 1 aromatic carbocycles. The molecule has 1 N–H and O–H groups in total. The molecule has 1 unspecified atom stereocenters. The molecule has 0 heterocycles. The molecule has 0 radical (unpaired) electrons. The lowest BCUT2D eigenvalue weighted by Crippen LogP contribution is -2.06. The molecule has 0 bridgehead atoms. The summed E-state index contributed by atoms with van der Waals surface area (Å²) in [6.07, 6.45) is -5.82. The third-order valence-corrected chi connectivity index (χ3v) is 2.28. The second-order valence-electron chi connectivity index (χ2n) is 2.85. The van der Waals surface area contributed by atoms with Crippen LogP contribution < -0.4 is 0 Å². The van der Waals surface area contributed by atoms with E-state index in [1.165, 1.54) is 12.1 Å². The standard InChI is InChI=1S/C9H7BrF4.CH2O2/c10-5-8(11)6-2-1-3-7(4-6)9(12,13)14;2-1-3/h1-4,8H,5H2;1H,(H,2,3). The first-order valence-corrected chi connectivity index (χ1v) is 5.44. The maximum Gasteiger partial charge on any atom is 0.416 e. The Balaban J connectivity index is 0.000000770. The van der Waals surface area contributed by atoms with E-state index < -0.39 is 17.9 Å². The first kappa shape index (κ1) is 15.9. The Morgan fingerprint density at radius 1 is 1.41 bits per heavy atom. The van der Waals surface area contributed by atoms with E-state index in [1.54, 1.807) is 0 Å². The summed E-state index contributed by atoms with van der Waals surface area (Å²) in [7, 11) is 0. The molecule has 1 atom stereocenters. The Morgan fingerprint density at radius 2 is 1.94 bits per heavy atom. The molecule has 0 fully saturated rings. The first-order chi connectivity index (χ1) is 7.86. The van der Waals surface area contributed by atoms with E-state index in [2.05, 4.69) is 15.9 Å². The van der Waals surface area contributed by atoms with Gasteiger partial charge in [-0.2, -0.15) is 13.2 Å². The zero-order chi connectivity index (χ0) is 13.5. The van der Waals surface area contributed by atoms with Crippen LogP contribution in [0.15, 0.2) is 24.3 Å². The van der Waals surface area contributed by atoms with Crippen molar-refractivity contribution in [1.82, 2.24) is 0 Å². The molecule has 0 saturated heterocycles. The van der Waals surface area contributed by atoms with Gasteiger partial charge in [-0.3, -0.25) is 4.79 Å². The molecule has 0 aliphatic carbocycles. The molecule has 96 valence electrons. The summed E-state index contributed by atoms with van der Waals surface area (Å²) in [6.45, 7) is -0.250. The lowest BCUT2D eigenvalue weighted by molar-refractivity contribution is -0.137. The highest BCUT2D eigenvalue weighted by molar-refractivity contribution is 9.09. The highest BCUT2D eigenvalue weighted by Crippen LogP contribution is 2.31. The molecule has 1 rings (SSSR count). The predicted molar refractivity (Wildman–Crippen MR) is 57.8 cm³/mol. The summed E-state index contributed by atoms with van der Waals surface area (Å²) in [5.41, 5.74) is -0.782. The lowest BCUT2D eigenvalue weighted by Gasteiger charge is -2.09. The Hall–Kier alpha value is -1.11. The lowest BCUT2D eigenvalue weighted by atomic mass is 10.1. The molecule has 2 nitrogen and oxygen atoms in total. The minimum atomic E-state index is -4.41. The van der Waals surface area contributed by atoms with E-state index in [1.807, 2.05) is 0 Å². The fourth-order valence-electron chi connectivity index (χ4n) is 0.999. The van der Waals surface area contributed by atoms with Crippen molar-refractivity contribution in [2.75, 3.05) is 5.33 Å². The molecule has 7 heteroatoms. The Labute approximate surface area is 103 Å². The van der Waals surface area contributed by atoms with Crippen molar-refractivity contribution < 1.29 is 27.5 Å². The molecule has 1 aromatic rings. The van der Waals surface area contributed by atoms with Crippen LogP contribution in [0.2, 0.25) is 0 Å². The molecule has 0 saturated carbocycles. The van der Waals surface area contributed by atoms with Gasteiger partial charge in [0.15, 0.2) is 0 Å². The Morgan fingerprint density at radius 3 is 2.35 bits per heavy atom. The van der Waals surface area contributed by atoms with Gasteiger partial charge in [0, 0.05) is 5.33 Å². The van der Waals surface area contributed by atoms with Crippen molar-refractivity contribution >= 4 is 22.4 Å². The van der Waals surface area contributed by atoms with Gasteiger partial charge in [-0.25, -0.2) is 4.39 Å². The third kappa shape index (κ3) is 5.67. The smallest absolute Gasteiger partial charge is 0.416 e. The van der Waals surface area contributed by atoms with Crippen molar-refractivity contribution in [3.63, 3.8) is 0 Å². The van der Waals surface area contributed by atoms with E-state index in [0.29, 0.717) is 0 Å². The first-order valence-electron chi connectivity index (χ1n) is 4.31. The zero-order valence-electron chi connectivity index (χ0n) is 8.42. The molecular weight excluding hydrogens is 308 g/mol. The van der Waals surface area contributed by atoms with Crippen LogP contribution in [-0.2, 0) is 11.0 Å². The van der Waals surface area contributed by atoms with Gasteiger partial charge in [-0.15, -0.1) is 0 Å². The van der Waals surface area contributed by atoms with Crippen molar-refractivity contribution in [2.45, 2.75) is 12.3 Å². The van der Waals surface area contributed by atoms with Crippen LogP contribution in [0.3, 0.4) is 0 Å². The predicted octanol–water partition coefficient (Wildman–Crippen LogP) is 3.81. The van der Waals surface area contributed by atoms with Crippen molar-refractivity contribution in [3.05, 3.63) is 35.4 Å². The highest BCUT2D eigenvalue weighted by Gasteiger charge is 2.30. The Kier molecular flexibility index (Phi) is 6.79. The summed E-state index contributed by atoms with van der Waals surface area (Å²) in [5.74, 6) is 0. The number of carboxylic acid groups (broad SMARTS) is 1. The number of carbonyl (C=O) groups is 1. The summed E-state index contributed by atoms with van der Waals surface area (Å²) in [5, 5.41) is 6.88. The van der Waals surface area contributed by atoms with Crippen LogP contribution in [0.4, 0.5) is 17.6 Å². The molecule has 0 aliphatic heterocycles. The third-order valence-electron chi connectivity index (χ3n) is 1.71. The van der Waals surface area contributed by atoms with Gasteiger partial charge in [0.1, 0.15) is 6.17 Å². The Bertz CT molecular complexity index is 354. The average molecular weight is 317 g/mol. The van der Waals surface area contributed by atoms with Gasteiger partial charge < -0.3 is 5.11 Å². The molecule has 17 heavy (non-hydrogen) atoms. The number of benzene rings is 1. The molecular formula is C10H9BrF4O2. The minimum absolute atomic E-state index is 0.00564. The number of hydrogen-bond acceptors (Lipinski definition) is 1. The summed E-state index contributed by atoms with van der Waals surface area (Å²) in [4.78, 5) is 8.36. The van der Waals surface area contributed by atoms with Crippen LogP contribution >= 0.6 is 15.9 Å². The summed E-state index contributed by atoms with van der Waals surface area (Å²) in [6, 6.07) is 4.28. The summed E-state index contributed by atoms with van der Waals surface area (Å²) >= 11 is 2.87. The average Bonchev–Trinajstić information content (AvgIpc) is 2.28. The number of rotatable bonds is 2. The number of hydrogen-bond donors (Lipinski definition) is 1. The van der Waals surface area contributed by atoms with Gasteiger partial charge in [-0.1, -0.05) is 28.1 Å². The van der Waals surface area contributed by atoms with E-state index >= 15 is 0 Å². The van der Waals surface area contributed by atoms with Crippen molar-refractivity contribution in [1.29, 1.82) is 0 Å². The van der Waals surface area contributed by atoms with Crippen LogP contribution in [0.25, 0.3) is 0 Å². The van der Waals surface area contributed by atoms with Crippen LogP contribution in [0, 0.1) is 0 Å². The minimum Gasteiger partial charge on any atom is -0.483 e. The maximum absolute atomic E-state index is 13.0. The van der Waals surface area contributed by atoms with Gasteiger partial charge in [0.2, 0.25) is 0 Å². The van der Waals surface area contributed by atoms with E-state index in [4.69, 9.17) is 9.90 Å². The highest BCUT2D eigenvalue weighted by atomic mass is 79.9. The van der Waals surface area contributed by atoms with E-state index in [0.717, 1.165) is 12.1 Å². The van der Waals surface area contributed by atoms with Gasteiger partial charge in [-0.05, 0) is 17.7 Å². The van der Waals surface area contributed by atoms with Crippen LogP contribution in [0.1, 0.15) is 17.3 Å². The van der Waals surface area contributed by atoms with Crippen LogP contribution in [-0.4, -0.2) is 16.9 Å². The van der Waals surface area contributed by atoms with Crippen LogP contribution in [0.5, 0.6) is 0 Å². The molecule has 0 amide bonds. The van der Waals surface area contributed by atoms with Gasteiger partial charge in [0.05, 0.1) is 5.56 Å². The topological polar surface area (TPSA) is 37.3 Å².